The summed E-state index contributed by atoms with van der Waals surface area (Å²) in [5, 5.41) is 6.90. The van der Waals surface area contributed by atoms with E-state index in [0.717, 1.165) is 24.6 Å². The molecule has 2 heterocycles. The van der Waals surface area contributed by atoms with Crippen LogP contribution in [0.1, 0.15) is 37.1 Å². The van der Waals surface area contributed by atoms with E-state index in [-0.39, 0.29) is 0 Å². The number of thiocarbonyl (C=S) groups is 1. The highest BCUT2D eigenvalue weighted by Gasteiger charge is 2.23. The quantitative estimate of drug-likeness (QED) is 0.777. The first-order valence-corrected chi connectivity index (χ1v) is 10.0. The van der Waals surface area contributed by atoms with Crippen LogP contribution in [0.15, 0.2) is 30.3 Å². The van der Waals surface area contributed by atoms with E-state index in [9.17, 15) is 0 Å². The van der Waals surface area contributed by atoms with Crippen LogP contribution in [0.4, 0.5) is 11.8 Å². The fraction of sp³-hybridized carbons (Fsp3) is 0.476. The van der Waals surface area contributed by atoms with Gasteiger partial charge < -0.3 is 15.5 Å². The Morgan fingerprint density at radius 3 is 2.44 bits per heavy atom. The lowest BCUT2D eigenvalue weighted by molar-refractivity contribution is 0.355. The molecule has 0 aliphatic carbocycles. The smallest absolute Gasteiger partial charge is 0.231 e. The predicted molar refractivity (Wildman–Crippen MR) is 116 cm³/mol. The van der Waals surface area contributed by atoms with Gasteiger partial charge in [0.05, 0.1) is 0 Å². The molecule has 1 aliphatic heterocycles. The van der Waals surface area contributed by atoms with Gasteiger partial charge in [-0.25, -0.2) is 4.98 Å². The zero-order valence-corrected chi connectivity index (χ0v) is 17.4. The Bertz CT molecular complexity index is 780. The predicted octanol–water partition coefficient (Wildman–Crippen LogP) is 4.06. The summed E-state index contributed by atoms with van der Waals surface area (Å²) < 4.78 is 0. The number of anilines is 2. The molecule has 3 rings (SSSR count). The van der Waals surface area contributed by atoms with Gasteiger partial charge in [-0.15, -0.1) is 0 Å². The van der Waals surface area contributed by atoms with E-state index in [2.05, 4.69) is 71.6 Å². The Morgan fingerprint density at radius 2 is 1.78 bits per heavy atom. The molecule has 0 spiro atoms. The largest absolute Gasteiger partial charge is 0.358 e. The van der Waals surface area contributed by atoms with Gasteiger partial charge in [0.25, 0.3) is 0 Å². The molecule has 1 fully saturated rings. The average Bonchev–Trinajstić information content (AvgIpc) is 2.60. The average molecular weight is 384 g/mol. The van der Waals surface area contributed by atoms with Gasteiger partial charge in [0.15, 0.2) is 5.11 Å². The second kappa shape index (κ2) is 8.65. The number of hydrogen-bond acceptors (Lipinski definition) is 4. The summed E-state index contributed by atoms with van der Waals surface area (Å²) in [6.07, 6.45) is 1.28. The van der Waals surface area contributed by atoms with E-state index >= 15 is 0 Å². The van der Waals surface area contributed by atoms with Crippen molar-refractivity contribution in [3.8, 4) is 0 Å². The molecule has 27 heavy (non-hydrogen) atoms. The first kappa shape index (κ1) is 19.5. The number of aromatic nitrogens is 2. The minimum absolute atomic E-state index is 0.535. The van der Waals surface area contributed by atoms with E-state index in [1.54, 1.807) is 0 Å². The van der Waals surface area contributed by atoms with Gasteiger partial charge >= 0.3 is 0 Å². The maximum atomic E-state index is 5.43. The van der Waals surface area contributed by atoms with E-state index in [1.807, 2.05) is 6.92 Å². The van der Waals surface area contributed by atoms with E-state index in [0.29, 0.717) is 29.4 Å². The minimum atomic E-state index is 0.535. The molecule has 2 N–H and O–H groups in total. The van der Waals surface area contributed by atoms with Crippen LogP contribution >= 0.6 is 12.2 Å². The van der Waals surface area contributed by atoms with Crippen molar-refractivity contribution in [1.29, 1.82) is 0 Å². The molecule has 1 saturated heterocycles. The second-order valence-electron chi connectivity index (χ2n) is 7.84. The van der Waals surface area contributed by atoms with Crippen LogP contribution in [0.5, 0.6) is 0 Å². The highest BCUT2D eigenvalue weighted by atomic mass is 32.1. The third-order valence-corrected chi connectivity index (χ3v) is 5.08. The van der Waals surface area contributed by atoms with Crippen molar-refractivity contribution < 1.29 is 0 Å². The van der Waals surface area contributed by atoms with Crippen molar-refractivity contribution in [3.05, 3.63) is 47.2 Å². The number of hydrogen-bond donors (Lipinski definition) is 2. The van der Waals surface area contributed by atoms with E-state index in [1.165, 1.54) is 17.5 Å². The summed E-state index contributed by atoms with van der Waals surface area (Å²) in [5.41, 5.74) is 3.38. The number of piperidine rings is 1. The maximum absolute atomic E-state index is 5.43. The van der Waals surface area contributed by atoms with Gasteiger partial charge in [-0.2, -0.15) is 4.98 Å². The lowest BCUT2D eigenvalue weighted by Crippen LogP contribution is -2.39. The third kappa shape index (κ3) is 5.63. The highest BCUT2D eigenvalue weighted by Crippen LogP contribution is 2.25. The SMILES string of the molecule is Cc1ccc(CNC(=S)Nc2nc(C)cc(N3C[C@@H](C)C[C@H](C)C3)n2)cc1. The molecule has 0 amide bonds. The van der Waals surface area contributed by atoms with E-state index < -0.39 is 0 Å². The zero-order valence-electron chi connectivity index (χ0n) is 16.6. The van der Waals surface area contributed by atoms with Crippen molar-refractivity contribution in [2.24, 2.45) is 11.8 Å². The van der Waals surface area contributed by atoms with Crippen LogP contribution in [-0.4, -0.2) is 28.2 Å². The molecular formula is C21H29N5S. The van der Waals surface area contributed by atoms with Crippen molar-refractivity contribution in [2.45, 2.75) is 40.7 Å². The summed E-state index contributed by atoms with van der Waals surface area (Å²) >= 11 is 5.43. The van der Waals surface area contributed by atoms with Crippen molar-refractivity contribution in [3.63, 3.8) is 0 Å². The summed E-state index contributed by atoms with van der Waals surface area (Å²) in [7, 11) is 0. The van der Waals surface area contributed by atoms with Gasteiger partial charge in [-0.05, 0) is 49.9 Å². The highest BCUT2D eigenvalue weighted by molar-refractivity contribution is 7.80. The Labute approximate surface area is 167 Å². The van der Waals surface area contributed by atoms with Crippen LogP contribution in [-0.2, 0) is 6.54 Å². The minimum Gasteiger partial charge on any atom is -0.358 e. The standard InChI is InChI=1S/C21H29N5S/c1-14-5-7-18(8-6-14)11-22-21(27)25-20-23-17(4)10-19(24-20)26-12-15(2)9-16(3)13-26/h5-8,10,15-16H,9,11-13H2,1-4H3,(H2,22,23,24,25,27)/t15-,16-/m0/s1. The number of aryl methyl sites for hydroxylation is 2. The molecule has 2 aromatic rings. The Morgan fingerprint density at radius 1 is 1.11 bits per heavy atom. The van der Waals surface area contributed by atoms with Gasteiger partial charge in [0, 0.05) is 31.4 Å². The van der Waals surface area contributed by atoms with Crippen molar-refractivity contribution in [1.82, 2.24) is 15.3 Å². The number of nitrogens with zero attached hydrogens (tertiary/aromatic N) is 3. The summed E-state index contributed by atoms with van der Waals surface area (Å²) in [6, 6.07) is 10.5. The van der Waals surface area contributed by atoms with Crippen LogP contribution in [0.2, 0.25) is 0 Å². The molecule has 0 unspecified atom stereocenters. The first-order valence-electron chi connectivity index (χ1n) is 9.60. The van der Waals surface area contributed by atoms with Gasteiger partial charge in [-0.3, -0.25) is 0 Å². The van der Waals surface area contributed by atoms with Crippen LogP contribution in [0.3, 0.4) is 0 Å². The number of rotatable bonds is 4. The van der Waals surface area contributed by atoms with Crippen LogP contribution in [0, 0.1) is 25.7 Å². The van der Waals surface area contributed by atoms with Crippen molar-refractivity contribution in [2.75, 3.05) is 23.3 Å². The molecule has 0 bridgehead atoms. The molecule has 1 aromatic carbocycles. The summed E-state index contributed by atoms with van der Waals surface area (Å²) in [5.74, 6) is 2.89. The lowest BCUT2D eigenvalue weighted by atomic mass is 9.92. The molecule has 5 nitrogen and oxygen atoms in total. The molecule has 6 heteroatoms. The Balaban J connectivity index is 1.63. The molecular weight excluding hydrogens is 354 g/mol. The van der Waals surface area contributed by atoms with Crippen LogP contribution in [0.25, 0.3) is 0 Å². The molecule has 0 radical (unpaired) electrons. The van der Waals surface area contributed by atoms with Crippen molar-refractivity contribution >= 4 is 29.1 Å². The lowest BCUT2D eigenvalue weighted by Gasteiger charge is -2.36. The molecule has 1 aromatic heterocycles. The Kier molecular flexibility index (Phi) is 6.26. The number of benzene rings is 1. The number of nitrogens with one attached hydrogen (secondary N) is 2. The first-order chi connectivity index (χ1) is 12.9. The van der Waals surface area contributed by atoms with Gasteiger partial charge in [0.2, 0.25) is 5.95 Å². The summed E-state index contributed by atoms with van der Waals surface area (Å²) in [4.78, 5) is 11.6. The second-order valence-corrected chi connectivity index (χ2v) is 8.24. The van der Waals surface area contributed by atoms with E-state index in [4.69, 9.17) is 17.2 Å². The maximum Gasteiger partial charge on any atom is 0.231 e. The molecule has 0 saturated carbocycles. The fourth-order valence-electron chi connectivity index (χ4n) is 3.65. The monoisotopic (exact) mass is 383 g/mol. The topological polar surface area (TPSA) is 53.1 Å². The normalized spacial score (nSPS) is 19.6. The Hall–Kier alpha value is -2.21. The fourth-order valence-corrected chi connectivity index (χ4v) is 3.82. The summed E-state index contributed by atoms with van der Waals surface area (Å²) in [6.45, 7) is 11.4. The third-order valence-electron chi connectivity index (χ3n) is 4.83. The molecule has 2 atom stereocenters. The molecule has 1 aliphatic rings. The zero-order chi connectivity index (χ0) is 19.4. The molecule has 144 valence electrons. The van der Waals surface area contributed by atoms with Crippen LogP contribution < -0.4 is 15.5 Å². The van der Waals surface area contributed by atoms with Gasteiger partial charge in [0.1, 0.15) is 5.82 Å². The van der Waals surface area contributed by atoms with Gasteiger partial charge in [-0.1, -0.05) is 43.7 Å².